The summed E-state index contributed by atoms with van der Waals surface area (Å²) < 4.78 is 5.48. The van der Waals surface area contributed by atoms with Crippen molar-refractivity contribution in [3.8, 4) is 0 Å². The van der Waals surface area contributed by atoms with Crippen molar-refractivity contribution < 1.29 is 9.53 Å². The highest BCUT2D eigenvalue weighted by Crippen LogP contribution is 2.22. The fourth-order valence-electron chi connectivity index (χ4n) is 3.76. The smallest absolute Gasteiger partial charge is 0.222 e. The number of carbonyl (C=O) groups is 1. The fraction of sp³-hybridized carbons (Fsp3) is 0.619. The number of para-hydroxylation sites is 1. The number of nitrogens with zero attached hydrogens (tertiary/aromatic N) is 3. The topological polar surface area (TPSA) is 69.2 Å². The van der Waals surface area contributed by atoms with Crippen LogP contribution in [0.1, 0.15) is 32.3 Å². The third-order valence-corrected chi connectivity index (χ3v) is 5.28. The molecular formula is C21H34IN5O2. The molecule has 7 nitrogen and oxygen atoms in total. The number of hydrogen-bond donors (Lipinski definition) is 2. The van der Waals surface area contributed by atoms with Gasteiger partial charge in [0.2, 0.25) is 5.91 Å². The van der Waals surface area contributed by atoms with Gasteiger partial charge in [-0.25, -0.2) is 4.99 Å². The largest absolute Gasteiger partial charge is 0.378 e. The number of guanidine groups is 1. The molecule has 0 aliphatic carbocycles. The SMILES string of the molecule is CCNC(=NCc1ccccc1N1CCOCC1)NC1CCN(C(=O)CC)C1.I. The molecule has 1 aromatic rings. The van der Waals surface area contributed by atoms with E-state index in [-0.39, 0.29) is 35.9 Å². The number of nitrogens with one attached hydrogen (secondary N) is 2. The zero-order valence-corrected chi connectivity index (χ0v) is 19.9. The van der Waals surface area contributed by atoms with Crippen LogP contribution in [0.3, 0.4) is 0 Å². The Balaban J connectivity index is 0.00000300. The standard InChI is InChI=1S/C21H33N5O2.HI/c1-3-20(27)26-10-9-18(16-26)24-21(22-4-2)23-15-17-7-5-6-8-19(17)25-11-13-28-14-12-25;/h5-8,18H,3-4,9-16H2,1-2H3,(H2,22,23,24);1H. The van der Waals surface area contributed by atoms with E-state index in [0.717, 1.165) is 58.3 Å². The van der Waals surface area contributed by atoms with Crippen molar-refractivity contribution in [1.82, 2.24) is 15.5 Å². The van der Waals surface area contributed by atoms with Crippen LogP contribution in [0.5, 0.6) is 0 Å². The number of anilines is 1. The van der Waals surface area contributed by atoms with E-state index in [4.69, 9.17) is 9.73 Å². The lowest BCUT2D eigenvalue weighted by Crippen LogP contribution is -2.45. The maximum atomic E-state index is 11.9. The van der Waals surface area contributed by atoms with Gasteiger partial charge in [-0.1, -0.05) is 25.1 Å². The van der Waals surface area contributed by atoms with Gasteiger partial charge in [0, 0.05) is 50.9 Å². The van der Waals surface area contributed by atoms with E-state index < -0.39 is 0 Å². The molecule has 29 heavy (non-hydrogen) atoms. The molecule has 2 fully saturated rings. The molecule has 1 aromatic carbocycles. The lowest BCUT2D eigenvalue weighted by molar-refractivity contribution is -0.129. The molecule has 1 atom stereocenters. The molecule has 0 spiro atoms. The van der Waals surface area contributed by atoms with Crippen LogP contribution < -0.4 is 15.5 Å². The molecule has 8 heteroatoms. The van der Waals surface area contributed by atoms with Gasteiger partial charge in [0.05, 0.1) is 19.8 Å². The van der Waals surface area contributed by atoms with Crippen LogP contribution >= 0.6 is 24.0 Å². The molecule has 2 aliphatic rings. The lowest BCUT2D eigenvalue weighted by atomic mass is 10.1. The Morgan fingerprint density at radius 2 is 1.97 bits per heavy atom. The Labute approximate surface area is 191 Å². The van der Waals surface area contributed by atoms with Crippen molar-refractivity contribution in [2.45, 2.75) is 39.3 Å². The number of aliphatic imine (C=N–C) groups is 1. The summed E-state index contributed by atoms with van der Waals surface area (Å²) in [6, 6.07) is 8.72. The third-order valence-electron chi connectivity index (χ3n) is 5.28. The minimum atomic E-state index is 0. The van der Waals surface area contributed by atoms with Crippen LogP contribution in [-0.2, 0) is 16.1 Å². The Morgan fingerprint density at radius 3 is 2.69 bits per heavy atom. The van der Waals surface area contributed by atoms with E-state index in [1.165, 1.54) is 11.3 Å². The zero-order chi connectivity index (χ0) is 19.8. The Hall–Kier alpha value is -1.55. The molecule has 3 rings (SSSR count). The van der Waals surface area contributed by atoms with E-state index in [9.17, 15) is 4.79 Å². The van der Waals surface area contributed by atoms with Crippen molar-refractivity contribution in [2.24, 2.45) is 4.99 Å². The Bertz CT molecular complexity index is 679. The second-order valence-corrected chi connectivity index (χ2v) is 7.25. The van der Waals surface area contributed by atoms with Crippen LogP contribution in [0, 0.1) is 0 Å². The van der Waals surface area contributed by atoms with Crippen molar-refractivity contribution in [3.63, 3.8) is 0 Å². The van der Waals surface area contributed by atoms with Gasteiger partial charge in [-0.15, -0.1) is 24.0 Å². The van der Waals surface area contributed by atoms with Crippen molar-refractivity contribution >= 4 is 41.5 Å². The van der Waals surface area contributed by atoms with Crippen LogP contribution in [0.15, 0.2) is 29.3 Å². The van der Waals surface area contributed by atoms with Gasteiger partial charge in [0.1, 0.15) is 0 Å². The van der Waals surface area contributed by atoms with Crippen molar-refractivity contribution in [1.29, 1.82) is 0 Å². The zero-order valence-electron chi connectivity index (χ0n) is 17.5. The average molecular weight is 515 g/mol. The first kappa shape index (κ1) is 23.7. The normalized spacial score (nSPS) is 19.7. The van der Waals surface area contributed by atoms with Gasteiger partial charge >= 0.3 is 0 Å². The van der Waals surface area contributed by atoms with Crippen molar-refractivity contribution in [2.75, 3.05) is 50.8 Å². The second kappa shape index (κ2) is 12.2. The molecule has 0 aromatic heterocycles. The summed E-state index contributed by atoms with van der Waals surface area (Å²) in [6.45, 7) is 10.4. The minimum Gasteiger partial charge on any atom is -0.378 e. The third kappa shape index (κ3) is 6.74. The highest BCUT2D eigenvalue weighted by molar-refractivity contribution is 14.0. The number of morpholine rings is 1. The molecule has 0 saturated carbocycles. The van der Waals surface area contributed by atoms with Gasteiger partial charge in [-0.3, -0.25) is 4.79 Å². The number of ether oxygens (including phenoxy) is 1. The van der Waals surface area contributed by atoms with Crippen LogP contribution in [-0.4, -0.2) is 68.7 Å². The molecule has 1 unspecified atom stereocenters. The monoisotopic (exact) mass is 515 g/mol. The number of rotatable bonds is 6. The second-order valence-electron chi connectivity index (χ2n) is 7.25. The number of amides is 1. The van der Waals surface area contributed by atoms with Crippen molar-refractivity contribution in [3.05, 3.63) is 29.8 Å². The maximum absolute atomic E-state index is 11.9. The van der Waals surface area contributed by atoms with E-state index in [0.29, 0.717) is 13.0 Å². The molecule has 162 valence electrons. The summed E-state index contributed by atoms with van der Waals surface area (Å²) in [4.78, 5) is 21.0. The first-order valence-corrected chi connectivity index (χ1v) is 10.4. The first-order valence-electron chi connectivity index (χ1n) is 10.4. The predicted octanol–water partition coefficient (Wildman–Crippen LogP) is 2.21. The number of benzene rings is 1. The average Bonchev–Trinajstić information content (AvgIpc) is 3.21. The van der Waals surface area contributed by atoms with Gasteiger partial charge in [-0.05, 0) is 25.0 Å². The van der Waals surface area contributed by atoms with Crippen LogP contribution in [0.25, 0.3) is 0 Å². The number of hydrogen-bond acceptors (Lipinski definition) is 4. The number of halogens is 1. The highest BCUT2D eigenvalue weighted by Gasteiger charge is 2.25. The van der Waals surface area contributed by atoms with E-state index in [1.807, 2.05) is 11.8 Å². The molecule has 2 N–H and O–H groups in total. The molecule has 0 radical (unpaired) electrons. The summed E-state index contributed by atoms with van der Waals surface area (Å²) in [5.41, 5.74) is 2.46. The summed E-state index contributed by atoms with van der Waals surface area (Å²) in [7, 11) is 0. The molecule has 2 aliphatic heterocycles. The number of carbonyl (C=O) groups excluding carboxylic acids is 1. The molecule has 1 amide bonds. The maximum Gasteiger partial charge on any atom is 0.222 e. The summed E-state index contributed by atoms with van der Waals surface area (Å²) in [5, 5.41) is 6.85. The van der Waals surface area contributed by atoms with Gasteiger partial charge in [-0.2, -0.15) is 0 Å². The highest BCUT2D eigenvalue weighted by atomic mass is 127. The fourth-order valence-corrected chi connectivity index (χ4v) is 3.76. The minimum absolute atomic E-state index is 0. The van der Waals surface area contributed by atoms with E-state index >= 15 is 0 Å². The molecule has 2 heterocycles. The van der Waals surface area contributed by atoms with E-state index in [1.54, 1.807) is 0 Å². The van der Waals surface area contributed by atoms with Crippen LogP contribution in [0.2, 0.25) is 0 Å². The first-order chi connectivity index (χ1) is 13.7. The number of likely N-dealkylation sites (tertiary alicyclic amines) is 1. The Kier molecular flexibility index (Phi) is 9.99. The summed E-state index contributed by atoms with van der Waals surface area (Å²) in [5.74, 6) is 1.04. The van der Waals surface area contributed by atoms with Gasteiger partial charge in [0.25, 0.3) is 0 Å². The van der Waals surface area contributed by atoms with Gasteiger partial charge < -0.3 is 25.2 Å². The Morgan fingerprint density at radius 1 is 1.21 bits per heavy atom. The van der Waals surface area contributed by atoms with E-state index in [2.05, 4.69) is 46.7 Å². The van der Waals surface area contributed by atoms with Crippen LogP contribution in [0.4, 0.5) is 5.69 Å². The molecule has 2 saturated heterocycles. The predicted molar refractivity (Wildman–Crippen MR) is 128 cm³/mol. The van der Waals surface area contributed by atoms with Gasteiger partial charge in [0.15, 0.2) is 5.96 Å². The molecule has 0 bridgehead atoms. The summed E-state index contributed by atoms with van der Waals surface area (Å²) >= 11 is 0. The lowest BCUT2D eigenvalue weighted by Gasteiger charge is -2.30. The summed E-state index contributed by atoms with van der Waals surface area (Å²) in [6.07, 6.45) is 1.53. The molecular weight excluding hydrogens is 481 g/mol. The quantitative estimate of drug-likeness (QED) is 0.346.